The van der Waals surface area contributed by atoms with Gasteiger partial charge >= 0.3 is 0 Å². The number of aliphatic hydroxyl groups is 1. The molecule has 0 spiro atoms. The number of piperidine rings is 1. The van der Waals surface area contributed by atoms with Gasteiger partial charge in [0.1, 0.15) is 0 Å². The Hall–Kier alpha value is -0.120. The van der Waals surface area contributed by atoms with Gasteiger partial charge in [-0.25, -0.2) is 0 Å². The summed E-state index contributed by atoms with van der Waals surface area (Å²) in [6.45, 7) is 10.3. The van der Waals surface area contributed by atoms with Crippen LogP contribution in [0.2, 0.25) is 0 Å². The van der Waals surface area contributed by atoms with Gasteiger partial charge in [0.05, 0.1) is 5.60 Å². The van der Waals surface area contributed by atoms with Gasteiger partial charge in [-0.3, -0.25) is 0 Å². The van der Waals surface area contributed by atoms with E-state index in [1.54, 1.807) is 0 Å². The van der Waals surface area contributed by atoms with Crippen LogP contribution in [0, 0.1) is 0 Å². The Labute approximate surface area is 94.1 Å². The van der Waals surface area contributed by atoms with Gasteiger partial charge in [-0.15, -0.1) is 0 Å². The zero-order chi connectivity index (χ0) is 11.5. The second kappa shape index (κ2) is 5.28. The highest BCUT2D eigenvalue weighted by Crippen LogP contribution is 2.17. The van der Waals surface area contributed by atoms with E-state index in [9.17, 15) is 5.11 Å². The molecule has 1 aliphatic heterocycles. The number of hydrogen-bond acceptors (Lipinski definition) is 3. The molecule has 1 N–H and O–H groups in total. The lowest BCUT2D eigenvalue weighted by Gasteiger charge is -2.38. The monoisotopic (exact) mass is 214 g/mol. The Kier molecular flexibility index (Phi) is 4.56. The third kappa shape index (κ3) is 4.49. The van der Waals surface area contributed by atoms with Crippen molar-refractivity contribution in [1.82, 2.24) is 9.80 Å². The summed E-state index contributed by atoms with van der Waals surface area (Å²) in [5.41, 5.74) is -0.573. The fraction of sp³-hybridized carbons (Fsp3) is 1.00. The van der Waals surface area contributed by atoms with Crippen LogP contribution < -0.4 is 0 Å². The minimum absolute atomic E-state index is 0.573. The van der Waals surface area contributed by atoms with Gasteiger partial charge in [0, 0.05) is 12.6 Å². The second-order valence-electron chi connectivity index (χ2n) is 5.39. The summed E-state index contributed by atoms with van der Waals surface area (Å²) in [7, 11) is 2.13. The van der Waals surface area contributed by atoms with E-state index in [0.717, 1.165) is 6.54 Å². The van der Waals surface area contributed by atoms with Crippen LogP contribution in [-0.4, -0.2) is 59.8 Å². The molecular weight excluding hydrogens is 188 g/mol. The van der Waals surface area contributed by atoms with Crippen molar-refractivity contribution in [2.24, 2.45) is 0 Å². The van der Waals surface area contributed by atoms with Gasteiger partial charge in [0.25, 0.3) is 0 Å². The third-order valence-corrected chi connectivity index (χ3v) is 3.26. The molecule has 0 aliphatic carbocycles. The minimum Gasteiger partial charge on any atom is -0.389 e. The molecule has 0 saturated carbocycles. The van der Waals surface area contributed by atoms with Crippen molar-refractivity contribution in [2.75, 3.05) is 33.2 Å². The zero-order valence-electron chi connectivity index (χ0n) is 10.7. The molecule has 0 bridgehead atoms. The summed E-state index contributed by atoms with van der Waals surface area (Å²) in [5, 5.41) is 9.76. The van der Waals surface area contributed by atoms with Crippen LogP contribution in [0.1, 0.15) is 33.6 Å². The van der Waals surface area contributed by atoms with Crippen molar-refractivity contribution >= 4 is 0 Å². The maximum Gasteiger partial charge on any atom is 0.0718 e. The molecule has 1 saturated heterocycles. The summed E-state index contributed by atoms with van der Waals surface area (Å²) in [4.78, 5) is 4.81. The number of nitrogens with zero attached hydrogens (tertiary/aromatic N) is 2. The topological polar surface area (TPSA) is 26.7 Å². The van der Waals surface area contributed by atoms with E-state index in [0.29, 0.717) is 6.04 Å². The molecule has 0 aromatic rings. The SMILES string of the molecule is CCN1CCC(N(C)CC(C)(C)O)CC1. The smallest absolute Gasteiger partial charge is 0.0718 e. The number of likely N-dealkylation sites (tertiary alicyclic amines) is 1. The summed E-state index contributed by atoms with van der Waals surface area (Å²) < 4.78 is 0. The molecule has 15 heavy (non-hydrogen) atoms. The Morgan fingerprint density at radius 2 is 1.87 bits per heavy atom. The lowest BCUT2D eigenvalue weighted by Crippen LogP contribution is -2.47. The maximum absolute atomic E-state index is 9.76. The summed E-state index contributed by atoms with van der Waals surface area (Å²) in [6.07, 6.45) is 2.47. The van der Waals surface area contributed by atoms with Crippen LogP contribution in [0.3, 0.4) is 0 Å². The molecule has 1 aliphatic rings. The Morgan fingerprint density at radius 1 is 1.33 bits per heavy atom. The van der Waals surface area contributed by atoms with E-state index in [1.807, 2.05) is 13.8 Å². The summed E-state index contributed by atoms with van der Waals surface area (Å²) in [5.74, 6) is 0. The predicted molar refractivity (Wildman–Crippen MR) is 64.1 cm³/mol. The molecule has 0 aromatic carbocycles. The number of rotatable bonds is 4. The zero-order valence-corrected chi connectivity index (χ0v) is 10.7. The van der Waals surface area contributed by atoms with E-state index in [-0.39, 0.29) is 0 Å². The molecule has 1 heterocycles. The molecule has 1 rings (SSSR count). The minimum atomic E-state index is -0.573. The van der Waals surface area contributed by atoms with Gasteiger partial charge in [0.15, 0.2) is 0 Å². The lowest BCUT2D eigenvalue weighted by molar-refractivity contribution is 0.0193. The van der Waals surface area contributed by atoms with Crippen molar-refractivity contribution in [3.05, 3.63) is 0 Å². The molecule has 90 valence electrons. The molecule has 3 nitrogen and oxygen atoms in total. The van der Waals surface area contributed by atoms with Crippen LogP contribution in [0.15, 0.2) is 0 Å². The first-order chi connectivity index (χ1) is 6.92. The molecule has 0 unspecified atom stereocenters. The molecule has 3 heteroatoms. The Bertz CT molecular complexity index is 181. The highest BCUT2D eigenvalue weighted by molar-refractivity contribution is 4.81. The fourth-order valence-electron chi connectivity index (χ4n) is 2.42. The van der Waals surface area contributed by atoms with Crippen LogP contribution >= 0.6 is 0 Å². The van der Waals surface area contributed by atoms with E-state index in [1.165, 1.54) is 32.5 Å². The number of likely N-dealkylation sites (N-methyl/N-ethyl adjacent to an activating group) is 1. The largest absolute Gasteiger partial charge is 0.389 e. The Morgan fingerprint density at radius 3 is 2.27 bits per heavy atom. The highest BCUT2D eigenvalue weighted by atomic mass is 16.3. The Balaban J connectivity index is 2.33. The standard InChI is InChI=1S/C12H26N2O/c1-5-14-8-6-11(7-9-14)13(4)10-12(2,3)15/h11,15H,5-10H2,1-4H3. The first kappa shape index (κ1) is 12.9. The van der Waals surface area contributed by atoms with E-state index in [2.05, 4.69) is 23.8 Å². The van der Waals surface area contributed by atoms with Gasteiger partial charge in [-0.05, 0) is 53.4 Å². The van der Waals surface area contributed by atoms with E-state index >= 15 is 0 Å². The van der Waals surface area contributed by atoms with Crippen molar-refractivity contribution in [3.8, 4) is 0 Å². The van der Waals surface area contributed by atoms with E-state index < -0.39 is 5.60 Å². The van der Waals surface area contributed by atoms with Crippen molar-refractivity contribution < 1.29 is 5.11 Å². The molecule has 1 fully saturated rings. The van der Waals surface area contributed by atoms with Crippen LogP contribution in [0.25, 0.3) is 0 Å². The normalized spacial score (nSPS) is 21.2. The highest BCUT2D eigenvalue weighted by Gasteiger charge is 2.25. The average molecular weight is 214 g/mol. The second-order valence-corrected chi connectivity index (χ2v) is 5.39. The van der Waals surface area contributed by atoms with Crippen molar-refractivity contribution in [3.63, 3.8) is 0 Å². The molecule has 0 atom stereocenters. The lowest BCUT2D eigenvalue weighted by atomic mass is 10.0. The third-order valence-electron chi connectivity index (χ3n) is 3.26. The summed E-state index contributed by atoms with van der Waals surface area (Å²) in [6, 6.07) is 0.652. The first-order valence-electron chi connectivity index (χ1n) is 6.07. The number of hydrogen-bond donors (Lipinski definition) is 1. The molecule has 0 aromatic heterocycles. The first-order valence-corrected chi connectivity index (χ1v) is 6.07. The predicted octanol–water partition coefficient (Wildman–Crippen LogP) is 1.17. The summed E-state index contributed by atoms with van der Waals surface area (Å²) >= 11 is 0. The quantitative estimate of drug-likeness (QED) is 0.761. The fourth-order valence-corrected chi connectivity index (χ4v) is 2.42. The van der Waals surface area contributed by atoms with Gasteiger partial charge in [-0.1, -0.05) is 6.92 Å². The van der Waals surface area contributed by atoms with Crippen molar-refractivity contribution in [2.45, 2.75) is 45.3 Å². The van der Waals surface area contributed by atoms with Crippen LogP contribution in [-0.2, 0) is 0 Å². The average Bonchev–Trinajstić information content (AvgIpc) is 2.15. The van der Waals surface area contributed by atoms with Crippen molar-refractivity contribution in [1.29, 1.82) is 0 Å². The molecule has 0 radical (unpaired) electrons. The van der Waals surface area contributed by atoms with Crippen LogP contribution in [0.5, 0.6) is 0 Å². The molecular formula is C12H26N2O. The van der Waals surface area contributed by atoms with Crippen LogP contribution in [0.4, 0.5) is 0 Å². The maximum atomic E-state index is 9.76. The molecule has 0 amide bonds. The van der Waals surface area contributed by atoms with E-state index in [4.69, 9.17) is 0 Å². The van der Waals surface area contributed by atoms with Gasteiger partial charge < -0.3 is 14.9 Å². The van der Waals surface area contributed by atoms with Gasteiger partial charge in [0.2, 0.25) is 0 Å². The van der Waals surface area contributed by atoms with Gasteiger partial charge in [-0.2, -0.15) is 0 Å².